The minimum absolute atomic E-state index is 0.835. The Hall–Kier alpha value is -4.01. The van der Waals surface area contributed by atoms with Gasteiger partial charge in [0.1, 0.15) is 153 Å². The summed E-state index contributed by atoms with van der Waals surface area (Å²) in [4.78, 5) is 64.6. The zero-order chi connectivity index (χ0) is 73.1. The molecule has 0 spiro atoms. The summed E-state index contributed by atoms with van der Waals surface area (Å²) in [5.74, 6) is -13.9. The number of aliphatic hydroxyl groups excluding tert-OH is 21. The molecule has 7 aliphatic rings. The fourth-order valence-electron chi connectivity index (χ4n) is 12.4. The van der Waals surface area contributed by atoms with E-state index in [2.05, 4.69) is 16.0 Å². The normalized spacial score (nSPS) is 46.0. The van der Waals surface area contributed by atoms with Crippen LogP contribution in [-0.2, 0) is 85.6 Å². The van der Waals surface area contributed by atoms with Gasteiger partial charge in [0.25, 0.3) is 11.6 Å². The average Bonchev–Trinajstić information content (AvgIpc) is 0.785. The number of hydrogen-bond donors (Lipinski definition) is 26. The van der Waals surface area contributed by atoms with Crippen molar-refractivity contribution in [1.29, 1.82) is 0 Å². The third-order valence-corrected chi connectivity index (χ3v) is 17.7. The van der Waals surface area contributed by atoms with E-state index in [1.165, 1.54) is 6.92 Å². The molecule has 0 aromatic carbocycles. The summed E-state index contributed by atoms with van der Waals surface area (Å²) in [6.07, 6.45) is -72.8. The van der Waals surface area contributed by atoms with Gasteiger partial charge in [-0.25, -0.2) is 9.59 Å². The molecule has 0 radical (unpaired) electrons. The highest BCUT2D eigenvalue weighted by Crippen LogP contribution is 2.42. The molecule has 0 bridgehead atoms. The zero-order valence-electron chi connectivity index (χ0n) is 52.5. The number of carbonyl (C=O) groups excluding carboxylic acids is 3. The molecular weight excluding hydrogens is 1350 g/mol. The van der Waals surface area contributed by atoms with Gasteiger partial charge < -0.3 is 195 Å². The number of carbonyl (C=O) groups is 5. The lowest BCUT2D eigenvalue weighted by Gasteiger charge is -2.52. The number of aliphatic carboxylic acids is 2. The first-order valence-corrected chi connectivity index (χ1v) is 30.7. The molecule has 44 heteroatoms. The van der Waals surface area contributed by atoms with Crippen molar-refractivity contribution >= 4 is 29.7 Å². The molecule has 37 atom stereocenters. The molecule has 7 fully saturated rings. The van der Waals surface area contributed by atoms with Gasteiger partial charge in [-0.05, 0) is 6.92 Å². The Balaban J connectivity index is 1.29. The molecule has 98 heavy (non-hydrogen) atoms. The van der Waals surface area contributed by atoms with Crippen LogP contribution < -0.4 is 16.0 Å². The number of ether oxygens (including phenoxy) is 13. The lowest BCUT2D eigenvalue weighted by molar-refractivity contribution is -0.396. The van der Waals surface area contributed by atoms with Crippen LogP contribution in [0.5, 0.6) is 0 Å². The Morgan fingerprint density at radius 2 is 0.847 bits per heavy atom. The van der Waals surface area contributed by atoms with Crippen molar-refractivity contribution in [2.45, 2.75) is 266 Å². The van der Waals surface area contributed by atoms with Gasteiger partial charge in [0, 0.05) is 33.6 Å². The molecule has 0 aromatic rings. The smallest absolute Gasteiger partial charge is 0.364 e. The van der Waals surface area contributed by atoms with Gasteiger partial charge in [0.2, 0.25) is 17.7 Å². The monoisotopic (exact) mass is 1440 g/mol. The Morgan fingerprint density at radius 3 is 1.33 bits per heavy atom. The van der Waals surface area contributed by atoms with Crippen molar-refractivity contribution in [1.82, 2.24) is 16.0 Å². The van der Waals surface area contributed by atoms with Gasteiger partial charge in [-0.3, -0.25) is 14.4 Å². The lowest BCUT2D eigenvalue weighted by Crippen LogP contribution is -2.72. The molecular formula is C54H89N3O41. The van der Waals surface area contributed by atoms with Crippen molar-refractivity contribution in [2.24, 2.45) is 0 Å². The summed E-state index contributed by atoms with van der Waals surface area (Å²) in [6, 6.07) is -5.75. The molecule has 0 saturated carbocycles. The molecule has 0 aliphatic carbocycles. The first-order valence-electron chi connectivity index (χ1n) is 30.7. The number of carboxylic acids is 2. The summed E-state index contributed by atoms with van der Waals surface area (Å²) in [6.45, 7) is -3.50. The quantitative estimate of drug-likeness (QED) is 0.0363. The van der Waals surface area contributed by atoms with Crippen LogP contribution in [0.2, 0.25) is 0 Å². The molecule has 3 amide bonds. The van der Waals surface area contributed by atoms with E-state index in [0.29, 0.717) is 0 Å². The Labute approximate surface area is 553 Å². The van der Waals surface area contributed by atoms with Gasteiger partial charge in [-0.15, -0.1) is 0 Å². The number of hydrogen-bond acceptors (Lipinski definition) is 39. The van der Waals surface area contributed by atoms with Crippen molar-refractivity contribution in [3.05, 3.63) is 0 Å². The van der Waals surface area contributed by atoms with E-state index in [1.54, 1.807) is 0 Å². The minimum atomic E-state index is -3.37. The molecule has 566 valence electrons. The summed E-state index contributed by atoms with van der Waals surface area (Å²) < 4.78 is 75.5. The fourth-order valence-corrected chi connectivity index (χ4v) is 12.4. The lowest BCUT2D eigenvalue weighted by atomic mass is 9.88. The molecule has 26 N–H and O–H groups in total. The molecule has 0 aromatic heterocycles. The molecule has 7 saturated heterocycles. The largest absolute Gasteiger partial charge is 0.477 e. The summed E-state index contributed by atoms with van der Waals surface area (Å²) in [7, 11) is 0. The second kappa shape index (κ2) is 34.1. The SMILES string of the molecule is CC(=O)N[C@H]1[C@H](O[C@H]2[C@@H](O)[C@@H](CO)O[C@@H](O[C@H]3[C@H](O[C@@H]4O[C@@H](C)[C@@H](O)[C@@H](O)[C@@H]4O)[C@@H](O)C(O)O[C@@H]3CO)[C@@H]2O)O[C@H](CO[C@]2(C(=O)O)C[C@H](O)[C@@H](NC(C)=O)[C@H]([C@H](O)[C@H](O)CO)O2)[C@@H](O)[C@@H]1O[C@@H]1O[C@H](CO)[C@H](O)[C@H](O[C@]2(C(=O)O)C[C@H](O)[C@@H](NC(C)=O)[C@H]([C@H](O)[C@H](O)CO)O2)[C@H]1O. The second-order valence-corrected chi connectivity index (χ2v) is 24.6. The highest BCUT2D eigenvalue weighted by Gasteiger charge is 2.63. The van der Waals surface area contributed by atoms with Crippen LogP contribution in [-0.4, -0.2) is 413 Å². The third kappa shape index (κ3) is 17.4. The van der Waals surface area contributed by atoms with Crippen LogP contribution in [0.25, 0.3) is 0 Å². The van der Waals surface area contributed by atoms with Crippen LogP contribution >= 0.6 is 0 Å². The van der Waals surface area contributed by atoms with Crippen LogP contribution in [0.1, 0.15) is 40.5 Å². The van der Waals surface area contributed by atoms with E-state index >= 15 is 0 Å². The standard InChI is InChI=1S/C54H89N3O41/c1-13-28(70)34(76)35(77)48(87-13)95-45-36(78)46(81)88-23(11-62)39(45)92-49-37(79)43(31(73)21(9-60)89-49)94-47-27(57-16(4)65)40(33(75)24(91-47)12-86-53(51(82)83)5-17(66)25(55-14(2)63)41(96-53)29(71)19(68)7-58)93-50-38(80)44(32(74)22(10-61)90-50)98-54(52(84)85)6-18(67)26(56-15(3)64)42(97-54)30(72)20(69)8-59/h13,17-50,58-62,66-81H,5-12H2,1-4H3,(H,55,63)(H,56,64)(H,57,65)(H,82,83)(H,84,85)/t13-,17-,18-,19+,20+,21+,22+,23+,24+,25+,26+,27+,28+,29+,30+,31-,32-,33+,34+,35-,36+,37+,38+,39+,40+,41+,42+,43-,44-,45+,46?,47-,48-,49-,50-,53+,54-/m0/s1. The topological polar surface area (TPSA) is 707 Å². The maximum Gasteiger partial charge on any atom is 0.364 e. The fraction of sp³-hybridized carbons (Fsp3) is 0.907. The van der Waals surface area contributed by atoms with Gasteiger partial charge in [0.15, 0.2) is 31.5 Å². The Morgan fingerprint density at radius 1 is 0.439 bits per heavy atom. The van der Waals surface area contributed by atoms with E-state index < -0.39 is 308 Å². The van der Waals surface area contributed by atoms with Gasteiger partial charge >= 0.3 is 11.9 Å². The first kappa shape index (κ1) is 81.3. The van der Waals surface area contributed by atoms with Crippen molar-refractivity contribution in [3.8, 4) is 0 Å². The van der Waals surface area contributed by atoms with Crippen LogP contribution in [0, 0.1) is 0 Å². The molecule has 1 unspecified atom stereocenters. The number of amides is 3. The predicted molar refractivity (Wildman–Crippen MR) is 300 cm³/mol. The highest BCUT2D eigenvalue weighted by atomic mass is 16.8. The molecule has 44 nitrogen and oxygen atoms in total. The number of rotatable bonds is 27. The van der Waals surface area contributed by atoms with Crippen LogP contribution in [0.4, 0.5) is 0 Å². The molecule has 7 heterocycles. The average molecular weight is 1440 g/mol. The third-order valence-electron chi connectivity index (χ3n) is 17.7. The minimum Gasteiger partial charge on any atom is -0.477 e. The Kier molecular flexibility index (Phi) is 28.3. The second-order valence-electron chi connectivity index (χ2n) is 24.6. The summed E-state index contributed by atoms with van der Waals surface area (Å²) >= 11 is 0. The van der Waals surface area contributed by atoms with E-state index in [4.69, 9.17) is 61.6 Å². The number of carboxylic acid groups (broad SMARTS) is 2. The van der Waals surface area contributed by atoms with E-state index in [0.717, 1.165) is 20.8 Å². The maximum atomic E-state index is 13.4. The van der Waals surface area contributed by atoms with Gasteiger partial charge in [-0.2, -0.15) is 0 Å². The Bertz CT molecular complexity index is 2630. The number of nitrogens with one attached hydrogen (secondary N) is 3. The number of aliphatic hydroxyl groups is 21. The maximum absolute atomic E-state index is 13.4. The van der Waals surface area contributed by atoms with Crippen molar-refractivity contribution in [2.75, 3.05) is 39.6 Å². The van der Waals surface area contributed by atoms with E-state index in [9.17, 15) is 141 Å². The van der Waals surface area contributed by atoms with Crippen molar-refractivity contribution < 1.29 is 203 Å². The van der Waals surface area contributed by atoms with Crippen LogP contribution in [0.15, 0.2) is 0 Å². The predicted octanol–water partition coefficient (Wildman–Crippen LogP) is -16.4. The zero-order valence-corrected chi connectivity index (χ0v) is 52.5. The molecule has 7 rings (SSSR count). The molecule has 7 aliphatic heterocycles. The van der Waals surface area contributed by atoms with Gasteiger partial charge in [-0.1, -0.05) is 0 Å². The highest BCUT2D eigenvalue weighted by molar-refractivity contribution is 5.77. The van der Waals surface area contributed by atoms with E-state index in [1.807, 2.05) is 0 Å². The summed E-state index contributed by atoms with van der Waals surface area (Å²) in [5, 5.41) is 259. The van der Waals surface area contributed by atoms with Crippen LogP contribution in [0.3, 0.4) is 0 Å². The van der Waals surface area contributed by atoms with Crippen molar-refractivity contribution in [3.63, 3.8) is 0 Å². The summed E-state index contributed by atoms with van der Waals surface area (Å²) in [5.41, 5.74) is 0. The van der Waals surface area contributed by atoms with Gasteiger partial charge in [0.05, 0.1) is 70.0 Å². The van der Waals surface area contributed by atoms with E-state index in [-0.39, 0.29) is 0 Å². The first-order chi connectivity index (χ1) is 45.9.